The Hall–Kier alpha value is -0.740. The summed E-state index contributed by atoms with van der Waals surface area (Å²) in [4.78, 5) is 3.51. The van der Waals surface area contributed by atoms with Gasteiger partial charge in [-0.2, -0.15) is 0 Å². The van der Waals surface area contributed by atoms with E-state index in [0.717, 1.165) is 6.08 Å². The van der Waals surface area contributed by atoms with E-state index in [0.29, 0.717) is 0 Å². The molecule has 0 bridgehead atoms. The quantitative estimate of drug-likeness (QED) is 0.734. The average Bonchev–Trinajstić information content (AvgIpc) is 2.11. The van der Waals surface area contributed by atoms with Gasteiger partial charge in [-0.3, -0.25) is 4.99 Å². The van der Waals surface area contributed by atoms with E-state index in [-0.39, 0.29) is 5.70 Å². The lowest BCUT2D eigenvalue weighted by atomic mass is 9.81. The van der Waals surface area contributed by atoms with Crippen LogP contribution in [0.2, 0.25) is 0 Å². The zero-order chi connectivity index (χ0) is 11.8. The molecule has 0 saturated carbocycles. The highest BCUT2D eigenvalue weighted by atomic mass is 35.5. The SMILES string of the molecule is C=NC1=CC(F)=C(Cl)C(F)C1C(C)(C)O. The monoisotopic (exact) mass is 235 g/mol. The van der Waals surface area contributed by atoms with Crippen LogP contribution in [0.15, 0.2) is 27.6 Å². The Balaban J connectivity index is 3.21. The predicted molar refractivity (Wildman–Crippen MR) is 56.3 cm³/mol. The van der Waals surface area contributed by atoms with Crippen LogP contribution in [0.1, 0.15) is 13.8 Å². The summed E-state index contributed by atoms with van der Waals surface area (Å²) in [6, 6.07) is 0. The van der Waals surface area contributed by atoms with E-state index in [2.05, 4.69) is 11.7 Å². The molecule has 1 aliphatic carbocycles. The van der Waals surface area contributed by atoms with E-state index in [1.807, 2.05) is 0 Å². The molecule has 0 aromatic carbocycles. The molecule has 0 aromatic rings. The van der Waals surface area contributed by atoms with Crippen molar-refractivity contribution in [3.8, 4) is 0 Å². The maximum absolute atomic E-state index is 13.7. The number of nitrogens with zero attached hydrogens (tertiary/aromatic N) is 1. The highest BCUT2D eigenvalue weighted by Crippen LogP contribution is 2.40. The van der Waals surface area contributed by atoms with Gasteiger partial charge in [-0.1, -0.05) is 11.6 Å². The van der Waals surface area contributed by atoms with Crippen LogP contribution in [0.5, 0.6) is 0 Å². The molecule has 0 fully saturated rings. The number of hydrogen-bond acceptors (Lipinski definition) is 2. The van der Waals surface area contributed by atoms with Gasteiger partial charge in [0.1, 0.15) is 12.0 Å². The smallest absolute Gasteiger partial charge is 0.150 e. The third kappa shape index (κ3) is 2.26. The first-order chi connectivity index (χ1) is 6.79. The van der Waals surface area contributed by atoms with Crippen molar-refractivity contribution in [2.45, 2.75) is 25.6 Å². The van der Waals surface area contributed by atoms with Gasteiger partial charge in [-0.25, -0.2) is 8.78 Å². The fraction of sp³-hybridized carbons (Fsp3) is 0.500. The summed E-state index contributed by atoms with van der Waals surface area (Å²) < 4.78 is 26.8. The molecule has 0 aliphatic heterocycles. The number of halogens is 3. The minimum Gasteiger partial charge on any atom is -0.390 e. The zero-order valence-electron chi connectivity index (χ0n) is 8.47. The minimum atomic E-state index is -1.79. The van der Waals surface area contributed by atoms with E-state index in [4.69, 9.17) is 11.6 Å². The molecule has 0 spiro atoms. The van der Waals surface area contributed by atoms with E-state index in [1.54, 1.807) is 0 Å². The van der Waals surface area contributed by atoms with Gasteiger partial charge in [0.25, 0.3) is 0 Å². The Kier molecular flexibility index (Phi) is 3.31. The van der Waals surface area contributed by atoms with Crippen LogP contribution in [0.25, 0.3) is 0 Å². The van der Waals surface area contributed by atoms with Crippen LogP contribution >= 0.6 is 11.6 Å². The second kappa shape index (κ2) is 4.02. The average molecular weight is 236 g/mol. The minimum absolute atomic E-state index is 0.0666. The van der Waals surface area contributed by atoms with Crippen molar-refractivity contribution in [1.82, 2.24) is 0 Å². The molecule has 0 aromatic heterocycles. The molecule has 2 unspecified atom stereocenters. The summed E-state index contributed by atoms with van der Waals surface area (Å²) in [5.41, 5.74) is -1.32. The van der Waals surface area contributed by atoms with Crippen LogP contribution in [-0.4, -0.2) is 23.6 Å². The van der Waals surface area contributed by atoms with Crippen LogP contribution in [0.3, 0.4) is 0 Å². The van der Waals surface area contributed by atoms with Crippen LogP contribution in [0, 0.1) is 5.92 Å². The van der Waals surface area contributed by atoms with Crippen LogP contribution in [-0.2, 0) is 0 Å². The Bertz CT molecular complexity index is 344. The molecule has 84 valence electrons. The largest absolute Gasteiger partial charge is 0.390 e. The lowest BCUT2D eigenvalue weighted by Gasteiger charge is -2.34. The number of hydrogen-bond donors (Lipinski definition) is 1. The van der Waals surface area contributed by atoms with Gasteiger partial charge in [-0.15, -0.1) is 0 Å². The van der Waals surface area contributed by atoms with Gasteiger partial charge in [0.05, 0.1) is 22.2 Å². The van der Waals surface area contributed by atoms with Gasteiger partial charge in [0, 0.05) is 0 Å². The summed E-state index contributed by atoms with van der Waals surface area (Å²) >= 11 is 5.45. The number of aliphatic imine (C=N–C) groups is 1. The molecule has 1 N–H and O–H groups in total. The summed E-state index contributed by atoms with van der Waals surface area (Å²) in [5.74, 6) is -1.87. The third-order valence-electron chi connectivity index (χ3n) is 2.30. The number of alkyl halides is 1. The molecule has 0 radical (unpaired) electrons. The summed E-state index contributed by atoms with van der Waals surface area (Å²) in [6.07, 6.45) is -0.800. The van der Waals surface area contributed by atoms with Crippen LogP contribution < -0.4 is 0 Å². The zero-order valence-corrected chi connectivity index (χ0v) is 9.22. The van der Waals surface area contributed by atoms with Crippen molar-refractivity contribution in [1.29, 1.82) is 0 Å². The van der Waals surface area contributed by atoms with Crippen molar-refractivity contribution in [3.05, 3.63) is 22.6 Å². The van der Waals surface area contributed by atoms with Gasteiger partial charge in [0.15, 0.2) is 0 Å². The first-order valence-corrected chi connectivity index (χ1v) is 4.76. The van der Waals surface area contributed by atoms with Crippen molar-refractivity contribution in [3.63, 3.8) is 0 Å². The first kappa shape index (κ1) is 12.3. The molecule has 1 rings (SSSR count). The Morgan fingerprint density at radius 1 is 1.60 bits per heavy atom. The number of aliphatic hydroxyl groups is 1. The molecule has 5 heteroatoms. The second-order valence-corrected chi connectivity index (χ2v) is 4.36. The predicted octanol–water partition coefficient (Wildman–Crippen LogP) is 2.73. The molecule has 15 heavy (non-hydrogen) atoms. The maximum atomic E-state index is 13.7. The molecule has 1 aliphatic rings. The van der Waals surface area contributed by atoms with Crippen molar-refractivity contribution in [2.24, 2.45) is 10.9 Å². The number of allylic oxidation sites excluding steroid dienone is 3. The van der Waals surface area contributed by atoms with E-state index in [9.17, 15) is 13.9 Å². The first-order valence-electron chi connectivity index (χ1n) is 4.39. The lowest BCUT2D eigenvalue weighted by Crippen LogP contribution is -2.40. The molecule has 0 amide bonds. The van der Waals surface area contributed by atoms with Crippen molar-refractivity contribution < 1.29 is 13.9 Å². The lowest BCUT2D eigenvalue weighted by molar-refractivity contribution is 0.00515. The third-order valence-corrected chi connectivity index (χ3v) is 2.69. The van der Waals surface area contributed by atoms with Gasteiger partial charge >= 0.3 is 0 Å². The standard InChI is InChI=1S/C10H12ClF2NO/c1-10(2,15)7-6(14-3)4-5(12)8(11)9(7)13/h4,7,9,15H,3H2,1-2H3. The Morgan fingerprint density at radius 3 is 2.53 bits per heavy atom. The second-order valence-electron chi connectivity index (χ2n) is 3.96. The van der Waals surface area contributed by atoms with E-state index >= 15 is 0 Å². The Morgan fingerprint density at radius 2 is 2.13 bits per heavy atom. The van der Waals surface area contributed by atoms with Gasteiger partial charge in [0.2, 0.25) is 0 Å². The van der Waals surface area contributed by atoms with E-state index in [1.165, 1.54) is 13.8 Å². The van der Waals surface area contributed by atoms with E-state index < -0.39 is 28.5 Å². The fourth-order valence-corrected chi connectivity index (χ4v) is 1.76. The normalized spacial score (nSPS) is 27.7. The summed E-state index contributed by atoms with van der Waals surface area (Å²) in [7, 11) is 0. The molecule has 0 heterocycles. The van der Waals surface area contributed by atoms with Gasteiger partial charge in [-0.05, 0) is 26.6 Å². The summed E-state index contributed by atoms with van der Waals surface area (Å²) in [6.45, 7) is 6.04. The number of rotatable bonds is 2. The Labute approximate surface area is 92.0 Å². The molecule has 0 saturated heterocycles. The fourth-order valence-electron chi connectivity index (χ4n) is 1.58. The molecular formula is C10H12ClF2NO. The molecular weight excluding hydrogens is 224 g/mol. The van der Waals surface area contributed by atoms with Gasteiger partial charge < -0.3 is 5.11 Å². The topological polar surface area (TPSA) is 32.6 Å². The van der Waals surface area contributed by atoms with Crippen LogP contribution in [0.4, 0.5) is 8.78 Å². The van der Waals surface area contributed by atoms with Crippen molar-refractivity contribution in [2.75, 3.05) is 0 Å². The van der Waals surface area contributed by atoms with Crippen molar-refractivity contribution >= 4 is 18.3 Å². The highest BCUT2D eigenvalue weighted by molar-refractivity contribution is 6.30. The molecule has 2 nitrogen and oxygen atoms in total. The maximum Gasteiger partial charge on any atom is 0.150 e. The highest BCUT2D eigenvalue weighted by Gasteiger charge is 2.42. The molecule has 2 atom stereocenters. The summed E-state index contributed by atoms with van der Waals surface area (Å²) in [5, 5.41) is 9.21.